The molecule has 1 amide bonds. The Morgan fingerprint density at radius 2 is 2.10 bits per heavy atom. The Morgan fingerprint density at radius 1 is 1.33 bits per heavy atom. The number of benzene rings is 1. The highest BCUT2D eigenvalue weighted by atomic mass is 35.5. The molecule has 0 spiro atoms. The standard InChI is InChI=1S/C15H15Cl2N3O/c16-7-5-14(21)20-8-6-13-12(9-20)15(19-18-13)10-1-3-11(17)4-2-10/h1-4H,5-9H2,(H,18,19). The summed E-state index contributed by atoms with van der Waals surface area (Å²) in [5, 5.41) is 8.19. The summed E-state index contributed by atoms with van der Waals surface area (Å²) in [6, 6.07) is 7.57. The van der Waals surface area contributed by atoms with Crippen LogP contribution in [-0.4, -0.2) is 33.4 Å². The van der Waals surface area contributed by atoms with E-state index in [0.29, 0.717) is 30.4 Å². The first kappa shape index (κ1) is 14.4. The van der Waals surface area contributed by atoms with Crippen LogP contribution < -0.4 is 0 Å². The van der Waals surface area contributed by atoms with Gasteiger partial charge in [0.2, 0.25) is 5.91 Å². The number of hydrogen-bond acceptors (Lipinski definition) is 2. The highest BCUT2D eigenvalue weighted by Crippen LogP contribution is 2.29. The van der Waals surface area contributed by atoms with E-state index < -0.39 is 0 Å². The summed E-state index contributed by atoms with van der Waals surface area (Å²) in [6.07, 6.45) is 1.18. The topological polar surface area (TPSA) is 49.0 Å². The number of H-pyrrole nitrogens is 1. The number of carbonyl (C=O) groups excluding carboxylic acids is 1. The normalized spacial score (nSPS) is 14.1. The van der Waals surface area contributed by atoms with Crippen molar-refractivity contribution in [2.24, 2.45) is 0 Å². The Hall–Kier alpha value is -1.52. The maximum Gasteiger partial charge on any atom is 0.224 e. The van der Waals surface area contributed by atoms with Gasteiger partial charge in [0.05, 0.1) is 5.69 Å². The van der Waals surface area contributed by atoms with Gasteiger partial charge in [-0.3, -0.25) is 9.89 Å². The van der Waals surface area contributed by atoms with Crippen LogP contribution in [0.5, 0.6) is 0 Å². The summed E-state index contributed by atoms with van der Waals surface area (Å²) in [6.45, 7) is 1.30. The molecule has 1 aliphatic rings. The van der Waals surface area contributed by atoms with Crippen LogP contribution in [0.3, 0.4) is 0 Å². The van der Waals surface area contributed by atoms with Crippen LogP contribution in [0.2, 0.25) is 5.02 Å². The molecule has 1 aliphatic heterocycles. The third kappa shape index (κ3) is 2.92. The molecule has 1 aromatic heterocycles. The van der Waals surface area contributed by atoms with Crippen molar-refractivity contribution in [3.63, 3.8) is 0 Å². The van der Waals surface area contributed by atoms with Gasteiger partial charge in [0.15, 0.2) is 0 Å². The highest BCUT2D eigenvalue weighted by molar-refractivity contribution is 6.30. The zero-order chi connectivity index (χ0) is 14.8. The minimum absolute atomic E-state index is 0.0962. The number of nitrogens with zero attached hydrogens (tertiary/aromatic N) is 2. The Kier molecular flexibility index (Phi) is 4.17. The number of carbonyl (C=O) groups is 1. The quantitative estimate of drug-likeness (QED) is 0.881. The molecule has 2 aromatic rings. The summed E-state index contributed by atoms with van der Waals surface area (Å²) < 4.78 is 0. The van der Waals surface area contributed by atoms with Gasteiger partial charge >= 0.3 is 0 Å². The van der Waals surface area contributed by atoms with Crippen molar-refractivity contribution in [3.05, 3.63) is 40.5 Å². The van der Waals surface area contributed by atoms with Crippen molar-refractivity contribution < 1.29 is 4.79 Å². The average molecular weight is 324 g/mol. The lowest BCUT2D eigenvalue weighted by Crippen LogP contribution is -2.36. The van der Waals surface area contributed by atoms with Crippen LogP contribution in [0.4, 0.5) is 0 Å². The second kappa shape index (κ2) is 6.08. The van der Waals surface area contributed by atoms with E-state index in [1.165, 1.54) is 0 Å². The molecule has 4 nitrogen and oxygen atoms in total. The van der Waals surface area contributed by atoms with Gasteiger partial charge in [0.1, 0.15) is 0 Å². The molecule has 1 aromatic carbocycles. The Bertz CT molecular complexity index is 651. The molecule has 110 valence electrons. The first-order chi connectivity index (χ1) is 10.2. The van der Waals surface area contributed by atoms with Gasteiger partial charge in [0, 0.05) is 53.7 Å². The zero-order valence-electron chi connectivity index (χ0n) is 11.4. The number of hydrogen-bond donors (Lipinski definition) is 1. The predicted octanol–water partition coefficient (Wildman–Crippen LogP) is 3.24. The molecular weight excluding hydrogens is 309 g/mol. The fourth-order valence-corrected chi connectivity index (χ4v) is 2.88. The molecule has 0 bridgehead atoms. The Balaban J connectivity index is 1.89. The minimum atomic E-state index is 0.0962. The van der Waals surface area contributed by atoms with Crippen LogP contribution in [0, 0.1) is 0 Å². The van der Waals surface area contributed by atoms with E-state index in [0.717, 1.165) is 28.9 Å². The fourth-order valence-electron chi connectivity index (χ4n) is 2.59. The fraction of sp³-hybridized carbons (Fsp3) is 0.333. The summed E-state index contributed by atoms with van der Waals surface area (Å²) >= 11 is 11.6. The molecular formula is C15H15Cl2N3O. The van der Waals surface area contributed by atoms with Gasteiger partial charge in [-0.1, -0.05) is 23.7 Å². The van der Waals surface area contributed by atoms with Crippen molar-refractivity contribution in [2.45, 2.75) is 19.4 Å². The summed E-state index contributed by atoms with van der Waals surface area (Å²) in [4.78, 5) is 13.9. The van der Waals surface area contributed by atoms with Crippen molar-refractivity contribution in [1.29, 1.82) is 0 Å². The molecule has 0 aliphatic carbocycles. The van der Waals surface area contributed by atoms with Gasteiger partial charge < -0.3 is 4.90 Å². The maximum atomic E-state index is 12.0. The van der Waals surface area contributed by atoms with E-state index in [9.17, 15) is 4.79 Å². The van der Waals surface area contributed by atoms with Crippen molar-refractivity contribution >= 4 is 29.1 Å². The largest absolute Gasteiger partial charge is 0.338 e. The van der Waals surface area contributed by atoms with Crippen LogP contribution >= 0.6 is 23.2 Å². The monoisotopic (exact) mass is 323 g/mol. The van der Waals surface area contributed by atoms with Crippen LogP contribution in [0.15, 0.2) is 24.3 Å². The number of alkyl halides is 1. The van der Waals surface area contributed by atoms with Crippen molar-refractivity contribution in [3.8, 4) is 11.3 Å². The molecule has 6 heteroatoms. The number of amides is 1. The van der Waals surface area contributed by atoms with Gasteiger partial charge in [-0.25, -0.2) is 0 Å². The predicted molar refractivity (Wildman–Crippen MR) is 83.5 cm³/mol. The first-order valence-corrected chi connectivity index (χ1v) is 7.76. The van der Waals surface area contributed by atoms with Gasteiger partial charge in [-0.2, -0.15) is 5.10 Å². The van der Waals surface area contributed by atoms with Crippen LogP contribution in [-0.2, 0) is 17.8 Å². The van der Waals surface area contributed by atoms with E-state index >= 15 is 0 Å². The molecule has 21 heavy (non-hydrogen) atoms. The maximum absolute atomic E-state index is 12.0. The number of aromatic nitrogens is 2. The second-order valence-corrected chi connectivity index (χ2v) is 5.85. The number of nitrogens with one attached hydrogen (secondary N) is 1. The molecule has 0 fully saturated rings. The van der Waals surface area contributed by atoms with E-state index in [4.69, 9.17) is 23.2 Å². The SMILES string of the molecule is O=C(CCCl)N1CCc2[nH]nc(-c3ccc(Cl)cc3)c2C1. The van der Waals surface area contributed by atoms with Crippen LogP contribution in [0.25, 0.3) is 11.3 Å². The third-order valence-electron chi connectivity index (χ3n) is 3.71. The smallest absolute Gasteiger partial charge is 0.224 e. The number of aromatic amines is 1. The van der Waals surface area contributed by atoms with Gasteiger partial charge in [0.25, 0.3) is 0 Å². The number of fused-ring (bicyclic) bond motifs is 1. The second-order valence-electron chi connectivity index (χ2n) is 5.04. The molecule has 0 radical (unpaired) electrons. The van der Waals surface area contributed by atoms with Gasteiger partial charge in [-0.15, -0.1) is 11.6 Å². The van der Waals surface area contributed by atoms with E-state index in [1.54, 1.807) is 0 Å². The molecule has 1 N–H and O–H groups in total. The van der Waals surface area contributed by atoms with Gasteiger partial charge in [-0.05, 0) is 12.1 Å². The first-order valence-electron chi connectivity index (χ1n) is 6.85. The Morgan fingerprint density at radius 3 is 2.81 bits per heavy atom. The molecule has 0 atom stereocenters. The third-order valence-corrected chi connectivity index (χ3v) is 4.15. The summed E-state index contributed by atoms with van der Waals surface area (Å²) in [5.74, 6) is 0.455. The molecule has 3 rings (SSSR count). The van der Waals surface area contributed by atoms with Crippen molar-refractivity contribution in [1.82, 2.24) is 15.1 Å². The molecule has 0 saturated carbocycles. The minimum Gasteiger partial charge on any atom is -0.338 e. The van der Waals surface area contributed by atoms with Crippen LogP contribution in [0.1, 0.15) is 17.7 Å². The number of halogens is 2. The average Bonchev–Trinajstić information content (AvgIpc) is 2.91. The lowest BCUT2D eigenvalue weighted by Gasteiger charge is -2.27. The number of rotatable bonds is 3. The Labute approximate surface area is 133 Å². The van der Waals surface area contributed by atoms with E-state index in [1.807, 2.05) is 29.2 Å². The lowest BCUT2D eigenvalue weighted by atomic mass is 10.0. The summed E-state index contributed by atoms with van der Waals surface area (Å²) in [7, 11) is 0. The summed E-state index contributed by atoms with van der Waals surface area (Å²) in [5.41, 5.74) is 4.09. The molecule has 0 saturated heterocycles. The van der Waals surface area contributed by atoms with E-state index in [2.05, 4.69) is 10.2 Å². The molecule has 0 unspecified atom stereocenters. The van der Waals surface area contributed by atoms with E-state index in [-0.39, 0.29) is 5.91 Å². The highest BCUT2D eigenvalue weighted by Gasteiger charge is 2.25. The zero-order valence-corrected chi connectivity index (χ0v) is 12.9. The van der Waals surface area contributed by atoms with Crippen molar-refractivity contribution in [2.75, 3.05) is 12.4 Å². The lowest BCUT2D eigenvalue weighted by molar-refractivity contribution is -0.131. The molecule has 2 heterocycles.